The number of nitrogens with one attached hydrogen (secondary N) is 1. The maximum absolute atomic E-state index is 4.40. The summed E-state index contributed by atoms with van der Waals surface area (Å²) in [6.07, 6.45) is 1.99. The molecule has 0 bridgehead atoms. The maximum Gasteiger partial charge on any atom is 0.124 e. The second-order valence-corrected chi connectivity index (χ2v) is 3.81. The minimum atomic E-state index is 0. The van der Waals surface area contributed by atoms with E-state index < -0.39 is 0 Å². The predicted molar refractivity (Wildman–Crippen MR) is 70.4 cm³/mol. The second-order valence-electron chi connectivity index (χ2n) is 3.81. The van der Waals surface area contributed by atoms with Crippen molar-refractivity contribution in [2.24, 2.45) is 7.05 Å². The molecule has 2 rings (SSSR count). The average Bonchev–Trinajstić information content (AvgIpc) is 2.82. The first-order chi connectivity index (χ1) is 7.69. The number of hydrogen-bond acceptors (Lipinski definition) is 3. The lowest BCUT2D eigenvalue weighted by Gasteiger charge is -2.03. The molecule has 0 aliphatic carbocycles. The van der Waals surface area contributed by atoms with E-state index in [4.69, 9.17) is 0 Å². The van der Waals surface area contributed by atoms with Crippen LogP contribution in [0.5, 0.6) is 0 Å². The Balaban J connectivity index is 0.00000144. The molecule has 2 aromatic heterocycles. The number of hydrogen-bond donors (Lipinski definition) is 1. The first-order valence-corrected chi connectivity index (χ1v) is 5.46. The highest BCUT2D eigenvalue weighted by atomic mass is 35.5. The number of rotatable bonds is 4. The van der Waals surface area contributed by atoms with Crippen LogP contribution in [-0.4, -0.2) is 19.6 Å². The summed E-state index contributed by atoms with van der Waals surface area (Å²) in [7, 11) is 1.93. The van der Waals surface area contributed by atoms with Crippen LogP contribution in [0.3, 0.4) is 0 Å². The van der Waals surface area contributed by atoms with Gasteiger partial charge in [-0.25, -0.2) is 0 Å². The lowest BCUT2D eigenvalue weighted by molar-refractivity contribution is 0.648. The molecule has 0 saturated carbocycles. The van der Waals surface area contributed by atoms with Gasteiger partial charge in [0.25, 0.3) is 0 Å². The predicted octanol–water partition coefficient (Wildman–Crippen LogP) is 1.98. The molecule has 0 aromatic carbocycles. The monoisotopic (exact) mass is 255 g/mol. The van der Waals surface area contributed by atoms with Gasteiger partial charge >= 0.3 is 0 Å². The minimum Gasteiger partial charge on any atom is -0.365 e. The highest BCUT2D eigenvalue weighted by molar-refractivity contribution is 5.85. The fraction of sp³-hybridized carbons (Fsp3) is 0.455. The van der Waals surface area contributed by atoms with Gasteiger partial charge in [-0.15, -0.1) is 12.4 Å². The Labute approximate surface area is 107 Å². The molecule has 2 heterocycles. The van der Waals surface area contributed by atoms with Crippen LogP contribution in [0, 0.1) is 6.92 Å². The number of aromatic nitrogens is 4. The lowest BCUT2D eigenvalue weighted by Crippen LogP contribution is -2.05. The van der Waals surface area contributed by atoms with E-state index in [9.17, 15) is 0 Å². The molecule has 17 heavy (non-hydrogen) atoms. The van der Waals surface area contributed by atoms with E-state index in [2.05, 4.69) is 22.4 Å². The molecule has 5 nitrogen and oxygen atoms in total. The summed E-state index contributed by atoms with van der Waals surface area (Å²) in [6, 6.07) is 4.05. The van der Waals surface area contributed by atoms with E-state index in [0.29, 0.717) is 0 Å². The molecule has 0 fully saturated rings. The molecule has 2 aromatic rings. The van der Waals surface area contributed by atoms with Crippen molar-refractivity contribution in [2.45, 2.75) is 26.9 Å². The third-order valence-electron chi connectivity index (χ3n) is 2.47. The number of anilines is 1. The average molecular weight is 256 g/mol. The molecule has 0 spiro atoms. The summed E-state index contributed by atoms with van der Waals surface area (Å²) in [5, 5.41) is 12.0. The van der Waals surface area contributed by atoms with E-state index in [1.807, 2.05) is 41.7 Å². The van der Waals surface area contributed by atoms with E-state index >= 15 is 0 Å². The summed E-state index contributed by atoms with van der Waals surface area (Å²) < 4.78 is 3.76. The van der Waals surface area contributed by atoms with Crippen LogP contribution in [0.1, 0.15) is 18.3 Å². The lowest BCUT2D eigenvalue weighted by atomic mass is 10.4. The summed E-state index contributed by atoms with van der Waals surface area (Å²) >= 11 is 0. The largest absolute Gasteiger partial charge is 0.365 e. The molecular weight excluding hydrogens is 238 g/mol. The Hall–Kier alpha value is -1.49. The van der Waals surface area contributed by atoms with Crippen LogP contribution in [0.25, 0.3) is 0 Å². The van der Waals surface area contributed by atoms with E-state index in [-0.39, 0.29) is 12.4 Å². The third-order valence-corrected chi connectivity index (χ3v) is 2.47. The Morgan fingerprint density at radius 1 is 1.35 bits per heavy atom. The Morgan fingerprint density at radius 2 is 2.12 bits per heavy atom. The van der Waals surface area contributed by atoms with Gasteiger partial charge in [-0.1, -0.05) is 0 Å². The fourth-order valence-corrected chi connectivity index (χ4v) is 1.63. The third kappa shape index (κ3) is 3.23. The molecule has 94 valence electrons. The number of halogens is 1. The molecule has 6 heteroatoms. The summed E-state index contributed by atoms with van der Waals surface area (Å²) in [5.74, 6) is 1.02. The van der Waals surface area contributed by atoms with Crippen LogP contribution < -0.4 is 5.32 Å². The standard InChI is InChI=1S/C11H17N5.ClH/c1-4-16-6-5-10(14-16)8-12-11-7-9(2)13-15(11)3;/h5-7,12H,4,8H2,1-3H3;1H. The first-order valence-electron chi connectivity index (χ1n) is 5.46. The van der Waals surface area contributed by atoms with Gasteiger partial charge in [0.15, 0.2) is 0 Å². The smallest absolute Gasteiger partial charge is 0.124 e. The van der Waals surface area contributed by atoms with Crippen molar-refractivity contribution < 1.29 is 0 Å². The Bertz CT molecular complexity index is 474. The van der Waals surface area contributed by atoms with Crippen molar-refractivity contribution in [1.29, 1.82) is 0 Å². The van der Waals surface area contributed by atoms with E-state index in [1.165, 1.54) is 0 Å². The van der Waals surface area contributed by atoms with Crippen LogP contribution in [0.2, 0.25) is 0 Å². The SMILES string of the molecule is CCn1ccc(CNc2cc(C)nn2C)n1.Cl. The summed E-state index contributed by atoms with van der Waals surface area (Å²) in [4.78, 5) is 0. The zero-order chi connectivity index (χ0) is 11.5. The molecule has 0 aliphatic rings. The summed E-state index contributed by atoms with van der Waals surface area (Å²) in [5.41, 5.74) is 2.06. The quantitative estimate of drug-likeness (QED) is 0.909. The van der Waals surface area contributed by atoms with Crippen LogP contribution in [0.15, 0.2) is 18.3 Å². The van der Waals surface area contributed by atoms with Gasteiger partial charge in [-0.3, -0.25) is 9.36 Å². The van der Waals surface area contributed by atoms with Gasteiger partial charge in [0.2, 0.25) is 0 Å². The topological polar surface area (TPSA) is 47.7 Å². The summed E-state index contributed by atoms with van der Waals surface area (Å²) in [6.45, 7) is 5.70. The first kappa shape index (κ1) is 13.6. The van der Waals surface area contributed by atoms with Gasteiger partial charge in [0.1, 0.15) is 5.82 Å². The maximum atomic E-state index is 4.40. The normalized spacial score (nSPS) is 10.1. The van der Waals surface area contributed by atoms with Gasteiger partial charge in [-0.05, 0) is 19.9 Å². The van der Waals surface area contributed by atoms with Crippen LogP contribution >= 0.6 is 12.4 Å². The zero-order valence-electron chi connectivity index (χ0n) is 10.3. The van der Waals surface area contributed by atoms with Crippen LogP contribution in [0.4, 0.5) is 5.82 Å². The minimum absolute atomic E-state index is 0. The van der Waals surface area contributed by atoms with Gasteiger partial charge in [0.05, 0.1) is 17.9 Å². The van der Waals surface area contributed by atoms with Gasteiger partial charge in [-0.2, -0.15) is 10.2 Å². The molecule has 0 unspecified atom stereocenters. The Morgan fingerprint density at radius 3 is 2.65 bits per heavy atom. The number of aryl methyl sites for hydroxylation is 3. The fourth-order valence-electron chi connectivity index (χ4n) is 1.63. The highest BCUT2D eigenvalue weighted by Gasteiger charge is 2.02. The van der Waals surface area contributed by atoms with Crippen molar-refractivity contribution in [3.05, 3.63) is 29.7 Å². The van der Waals surface area contributed by atoms with Gasteiger partial charge < -0.3 is 5.32 Å². The molecular formula is C11H18ClN5. The highest BCUT2D eigenvalue weighted by Crippen LogP contribution is 2.09. The molecule has 1 N–H and O–H groups in total. The zero-order valence-corrected chi connectivity index (χ0v) is 11.2. The number of nitrogens with zero attached hydrogens (tertiary/aromatic N) is 4. The van der Waals surface area contributed by atoms with Crippen molar-refractivity contribution >= 4 is 18.2 Å². The van der Waals surface area contributed by atoms with Crippen molar-refractivity contribution in [3.8, 4) is 0 Å². The molecule has 0 saturated heterocycles. The molecule has 0 atom stereocenters. The van der Waals surface area contributed by atoms with Crippen molar-refractivity contribution in [3.63, 3.8) is 0 Å². The molecule has 0 radical (unpaired) electrons. The molecule has 0 aliphatic heterocycles. The second kappa shape index (κ2) is 5.72. The van der Waals surface area contributed by atoms with E-state index in [1.54, 1.807) is 0 Å². The molecule has 0 amide bonds. The van der Waals surface area contributed by atoms with E-state index in [0.717, 1.165) is 30.3 Å². The Kier molecular flexibility index (Phi) is 4.57. The van der Waals surface area contributed by atoms with Gasteiger partial charge in [0, 0.05) is 25.9 Å². The van der Waals surface area contributed by atoms with Crippen LogP contribution in [-0.2, 0) is 20.1 Å². The van der Waals surface area contributed by atoms with Crippen molar-refractivity contribution in [2.75, 3.05) is 5.32 Å². The van der Waals surface area contributed by atoms with Crippen molar-refractivity contribution in [1.82, 2.24) is 19.6 Å².